The van der Waals surface area contributed by atoms with Crippen molar-refractivity contribution in [1.29, 1.82) is 0 Å². The quantitative estimate of drug-likeness (QED) is 0.377. The van der Waals surface area contributed by atoms with Crippen LogP contribution >= 0.6 is 15.9 Å². The number of nitrogens with zero attached hydrogens (tertiary/aromatic N) is 2. The Labute approximate surface area is 162 Å². The number of ether oxygens (including phenoxy) is 1. The Hall–Kier alpha value is -3.00. The summed E-state index contributed by atoms with van der Waals surface area (Å²) >= 11 is 3.39. The standard InChI is InChI=1S/C19H14BrFN2O4/c1-12-19(23(24)25)18(27-22-12)8-4-14-10-15(20)5-9-17(14)26-11-13-2-6-16(21)7-3-13/h2-10H,11H2,1H3/b8-4+. The molecule has 0 saturated carbocycles. The van der Waals surface area contributed by atoms with Crippen molar-refractivity contribution in [2.24, 2.45) is 0 Å². The smallest absolute Gasteiger partial charge is 0.338 e. The summed E-state index contributed by atoms with van der Waals surface area (Å²) in [5.41, 5.74) is 1.54. The lowest BCUT2D eigenvalue weighted by atomic mass is 10.1. The van der Waals surface area contributed by atoms with E-state index in [1.165, 1.54) is 25.1 Å². The third kappa shape index (κ3) is 4.59. The summed E-state index contributed by atoms with van der Waals surface area (Å²) in [6.45, 7) is 1.76. The highest BCUT2D eigenvalue weighted by atomic mass is 79.9. The number of benzene rings is 2. The van der Waals surface area contributed by atoms with Gasteiger partial charge in [-0.25, -0.2) is 4.39 Å². The van der Waals surface area contributed by atoms with E-state index in [-0.39, 0.29) is 29.6 Å². The van der Waals surface area contributed by atoms with Crippen LogP contribution in [0.25, 0.3) is 12.2 Å². The summed E-state index contributed by atoms with van der Waals surface area (Å²) in [4.78, 5) is 10.6. The average Bonchev–Trinajstić information content (AvgIpc) is 3.01. The van der Waals surface area contributed by atoms with E-state index in [0.717, 1.165) is 10.0 Å². The van der Waals surface area contributed by atoms with Gasteiger partial charge in [-0.3, -0.25) is 10.1 Å². The van der Waals surface area contributed by atoms with Crippen LogP contribution in [-0.2, 0) is 6.61 Å². The number of hydrogen-bond donors (Lipinski definition) is 0. The first-order valence-corrected chi connectivity index (χ1v) is 8.69. The van der Waals surface area contributed by atoms with Crippen LogP contribution in [0.5, 0.6) is 5.75 Å². The van der Waals surface area contributed by atoms with Crippen molar-refractivity contribution < 1.29 is 18.6 Å². The molecule has 0 atom stereocenters. The molecule has 0 aliphatic carbocycles. The summed E-state index contributed by atoms with van der Waals surface area (Å²) in [6, 6.07) is 11.4. The van der Waals surface area contributed by atoms with E-state index in [0.29, 0.717) is 11.3 Å². The molecule has 0 fully saturated rings. The highest BCUT2D eigenvalue weighted by molar-refractivity contribution is 9.10. The lowest BCUT2D eigenvalue weighted by molar-refractivity contribution is -0.386. The molecule has 6 nitrogen and oxygen atoms in total. The zero-order chi connectivity index (χ0) is 19.4. The minimum atomic E-state index is -0.529. The predicted molar refractivity (Wildman–Crippen MR) is 102 cm³/mol. The van der Waals surface area contributed by atoms with Crippen LogP contribution in [0, 0.1) is 22.9 Å². The largest absolute Gasteiger partial charge is 0.488 e. The molecule has 0 amide bonds. The Kier molecular flexibility index (Phi) is 5.66. The van der Waals surface area contributed by atoms with Gasteiger partial charge in [0.05, 0.1) is 4.92 Å². The Morgan fingerprint density at radius 3 is 2.70 bits per heavy atom. The SMILES string of the molecule is Cc1noc(/C=C/c2cc(Br)ccc2OCc2ccc(F)cc2)c1[N+](=O)[O-]. The van der Waals surface area contributed by atoms with Crippen LogP contribution in [0.1, 0.15) is 22.6 Å². The van der Waals surface area contributed by atoms with Gasteiger partial charge in [-0.1, -0.05) is 33.2 Å². The van der Waals surface area contributed by atoms with Gasteiger partial charge >= 0.3 is 5.69 Å². The molecule has 3 rings (SSSR count). The predicted octanol–water partition coefficient (Wildman–Crippen LogP) is 5.54. The summed E-state index contributed by atoms with van der Waals surface area (Å²) in [5, 5.41) is 14.8. The topological polar surface area (TPSA) is 78.4 Å². The number of halogens is 2. The van der Waals surface area contributed by atoms with Crippen LogP contribution < -0.4 is 4.74 Å². The van der Waals surface area contributed by atoms with Crippen molar-refractivity contribution in [3.05, 3.63) is 85.4 Å². The number of rotatable bonds is 6. The normalized spacial score (nSPS) is 11.1. The number of aromatic nitrogens is 1. The number of nitro groups is 1. The second-order valence-corrected chi connectivity index (χ2v) is 6.58. The first-order valence-electron chi connectivity index (χ1n) is 7.89. The number of hydrogen-bond acceptors (Lipinski definition) is 5. The maximum absolute atomic E-state index is 13.0. The molecule has 1 aromatic heterocycles. The maximum Gasteiger partial charge on any atom is 0.338 e. The molecule has 0 saturated heterocycles. The van der Waals surface area contributed by atoms with E-state index in [2.05, 4.69) is 21.1 Å². The molecule has 138 valence electrons. The van der Waals surface area contributed by atoms with Crippen molar-refractivity contribution in [2.75, 3.05) is 0 Å². The molecular formula is C19H14BrFN2O4. The first kappa shape index (κ1) is 18.8. The Morgan fingerprint density at radius 2 is 2.00 bits per heavy atom. The molecule has 0 aliphatic heterocycles. The third-order valence-corrected chi connectivity index (χ3v) is 4.23. The van der Waals surface area contributed by atoms with Crippen molar-refractivity contribution in [1.82, 2.24) is 5.16 Å². The molecule has 8 heteroatoms. The van der Waals surface area contributed by atoms with Gasteiger partial charge in [-0.2, -0.15) is 0 Å². The Bertz CT molecular complexity index is 999. The molecular weight excluding hydrogens is 419 g/mol. The Balaban J connectivity index is 1.84. The van der Waals surface area contributed by atoms with Gasteiger partial charge in [-0.15, -0.1) is 0 Å². The molecule has 0 N–H and O–H groups in total. The van der Waals surface area contributed by atoms with Crippen LogP contribution in [0.15, 0.2) is 51.5 Å². The van der Waals surface area contributed by atoms with Gasteiger partial charge in [0.1, 0.15) is 18.2 Å². The average molecular weight is 433 g/mol. The monoisotopic (exact) mass is 432 g/mol. The lowest BCUT2D eigenvalue weighted by Crippen LogP contribution is -1.97. The van der Waals surface area contributed by atoms with Crippen molar-refractivity contribution in [2.45, 2.75) is 13.5 Å². The molecule has 1 heterocycles. The maximum atomic E-state index is 13.0. The minimum Gasteiger partial charge on any atom is -0.488 e. The summed E-state index contributed by atoms with van der Waals surface area (Å²) < 4.78 is 24.7. The minimum absolute atomic E-state index is 0.0574. The molecule has 0 bridgehead atoms. The zero-order valence-corrected chi connectivity index (χ0v) is 15.8. The van der Waals surface area contributed by atoms with Gasteiger partial charge in [-0.05, 0) is 55.0 Å². The van der Waals surface area contributed by atoms with E-state index in [1.807, 2.05) is 12.1 Å². The molecule has 0 radical (unpaired) electrons. The second-order valence-electron chi connectivity index (χ2n) is 5.67. The Morgan fingerprint density at radius 1 is 1.26 bits per heavy atom. The summed E-state index contributed by atoms with van der Waals surface area (Å²) in [6.07, 6.45) is 3.13. The highest BCUT2D eigenvalue weighted by Gasteiger charge is 2.22. The van der Waals surface area contributed by atoms with Crippen LogP contribution in [0.3, 0.4) is 0 Å². The summed E-state index contributed by atoms with van der Waals surface area (Å²) in [7, 11) is 0. The molecule has 0 aliphatic rings. The lowest BCUT2D eigenvalue weighted by Gasteiger charge is -2.10. The van der Waals surface area contributed by atoms with Gasteiger partial charge in [0.25, 0.3) is 0 Å². The van der Waals surface area contributed by atoms with Crippen LogP contribution in [0.4, 0.5) is 10.1 Å². The fourth-order valence-corrected chi connectivity index (χ4v) is 2.78. The molecule has 2 aromatic carbocycles. The first-order chi connectivity index (χ1) is 12.9. The molecule has 0 unspecified atom stereocenters. The van der Waals surface area contributed by atoms with Gasteiger partial charge < -0.3 is 9.26 Å². The molecule has 27 heavy (non-hydrogen) atoms. The molecule has 0 spiro atoms. The van der Waals surface area contributed by atoms with Crippen LogP contribution in [-0.4, -0.2) is 10.1 Å². The number of aryl methyl sites for hydroxylation is 1. The van der Waals surface area contributed by atoms with E-state index in [9.17, 15) is 14.5 Å². The third-order valence-electron chi connectivity index (χ3n) is 3.73. The van der Waals surface area contributed by atoms with Gasteiger partial charge in [0, 0.05) is 10.0 Å². The van der Waals surface area contributed by atoms with Gasteiger partial charge in [0.15, 0.2) is 5.69 Å². The fraction of sp³-hybridized carbons (Fsp3) is 0.105. The van der Waals surface area contributed by atoms with Crippen molar-refractivity contribution in [3.63, 3.8) is 0 Å². The van der Waals surface area contributed by atoms with Crippen molar-refractivity contribution >= 4 is 33.8 Å². The zero-order valence-electron chi connectivity index (χ0n) is 14.2. The van der Waals surface area contributed by atoms with E-state index >= 15 is 0 Å². The van der Waals surface area contributed by atoms with E-state index in [1.54, 1.807) is 24.3 Å². The van der Waals surface area contributed by atoms with Crippen LogP contribution in [0.2, 0.25) is 0 Å². The summed E-state index contributed by atoms with van der Waals surface area (Å²) in [5.74, 6) is 0.314. The van der Waals surface area contributed by atoms with E-state index < -0.39 is 4.92 Å². The molecule has 3 aromatic rings. The highest BCUT2D eigenvalue weighted by Crippen LogP contribution is 2.29. The van der Waals surface area contributed by atoms with E-state index in [4.69, 9.17) is 9.26 Å². The fourth-order valence-electron chi connectivity index (χ4n) is 2.40. The second kappa shape index (κ2) is 8.13. The van der Waals surface area contributed by atoms with Crippen molar-refractivity contribution in [3.8, 4) is 5.75 Å². The van der Waals surface area contributed by atoms with Gasteiger partial charge in [0.2, 0.25) is 5.76 Å².